The number of nitrogens with zero attached hydrogens (tertiary/aromatic N) is 2. The molecule has 2 N–H and O–H groups in total. The zero-order valence-corrected chi connectivity index (χ0v) is 15.2. The predicted molar refractivity (Wildman–Crippen MR) is 97.2 cm³/mol. The topological polar surface area (TPSA) is 99.2 Å². The molecule has 0 aliphatic carbocycles. The maximum Gasteiger partial charge on any atom is 0.317 e. The number of rotatable bonds is 6. The molecule has 8 heteroatoms. The lowest BCUT2D eigenvalue weighted by atomic mass is 10.1. The van der Waals surface area contributed by atoms with Crippen LogP contribution in [0.3, 0.4) is 0 Å². The van der Waals surface area contributed by atoms with E-state index >= 15 is 0 Å². The van der Waals surface area contributed by atoms with Crippen molar-refractivity contribution in [1.82, 2.24) is 15.1 Å². The number of nitrogens with one attached hydrogen (secondary N) is 1. The van der Waals surface area contributed by atoms with Gasteiger partial charge in [-0.3, -0.25) is 4.79 Å². The number of hydrogen-bond donors (Lipinski definition) is 2. The van der Waals surface area contributed by atoms with Gasteiger partial charge in [0.15, 0.2) is 5.76 Å². The highest BCUT2D eigenvalue weighted by molar-refractivity contribution is 5.91. The minimum absolute atomic E-state index is 0.0353. The van der Waals surface area contributed by atoms with E-state index in [1.807, 2.05) is 6.07 Å². The first-order valence-electron chi connectivity index (χ1n) is 9.16. The summed E-state index contributed by atoms with van der Waals surface area (Å²) in [5, 5.41) is 12.4. The molecule has 146 valence electrons. The van der Waals surface area contributed by atoms with Crippen molar-refractivity contribution in [3.8, 4) is 0 Å². The van der Waals surface area contributed by atoms with Crippen LogP contribution in [-0.2, 0) is 6.42 Å². The van der Waals surface area contributed by atoms with Crippen molar-refractivity contribution in [3.63, 3.8) is 0 Å². The Balaban J connectivity index is 1.46. The second kappa shape index (κ2) is 9.27. The van der Waals surface area contributed by atoms with Gasteiger partial charge in [-0.1, -0.05) is 0 Å². The molecule has 2 aromatic rings. The predicted octanol–water partition coefficient (Wildman–Crippen LogP) is 1.58. The molecule has 1 saturated heterocycles. The SMILES string of the molecule is O=C(NC[C@@H](CO)Cc1ccco1)N1CCCN(C(=O)c2ccco2)CC1. The number of aliphatic hydroxyl groups is 1. The van der Waals surface area contributed by atoms with E-state index < -0.39 is 0 Å². The number of urea groups is 1. The number of furan rings is 2. The minimum Gasteiger partial charge on any atom is -0.469 e. The quantitative estimate of drug-likeness (QED) is 0.799. The van der Waals surface area contributed by atoms with E-state index in [2.05, 4.69) is 5.32 Å². The zero-order chi connectivity index (χ0) is 19.1. The zero-order valence-electron chi connectivity index (χ0n) is 15.2. The van der Waals surface area contributed by atoms with Gasteiger partial charge in [0.2, 0.25) is 0 Å². The summed E-state index contributed by atoms with van der Waals surface area (Å²) in [4.78, 5) is 28.3. The van der Waals surface area contributed by atoms with Crippen molar-refractivity contribution in [2.24, 2.45) is 5.92 Å². The fourth-order valence-electron chi connectivity index (χ4n) is 3.14. The highest BCUT2D eigenvalue weighted by atomic mass is 16.3. The van der Waals surface area contributed by atoms with Crippen molar-refractivity contribution in [2.45, 2.75) is 12.8 Å². The molecule has 2 aromatic heterocycles. The van der Waals surface area contributed by atoms with Crippen LogP contribution in [0.4, 0.5) is 4.79 Å². The molecule has 0 bridgehead atoms. The standard InChI is InChI=1S/C19H25N3O5/c23-14-15(12-16-4-1-10-26-16)13-20-19(25)22-7-3-6-21(8-9-22)18(24)17-5-2-11-27-17/h1-2,4-5,10-11,15,23H,3,6-9,12-14H2,(H,20,25)/t15-/m0/s1. The fourth-order valence-corrected chi connectivity index (χ4v) is 3.14. The van der Waals surface area contributed by atoms with E-state index in [9.17, 15) is 14.7 Å². The smallest absolute Gasteiger partial charge is 0.317 e. The van der Waals surface area contributed by atoms with E-state index in [1.165, 1.54) is 6.26 Å². The number of aliphatic hydroxyl groups excluding tert-OH is 1. The van der Waals surface area contributed by atoms with Crippen LogP contribution in [0, 0.1) is 5.92 Å². The lowest BCUT2D eigenvalue weighted by Crippen LogP contribution is -2.44. The van der Waals surface area contributed by atoms with Gasteiger partial charge in [-0.15, -0.1) is 0 Å². The average Bonchev–Trinajstić information content (AvgIpc) is 3.34. The van der Waals surface area contributed by atoms with E-state index in [-0.39, 0.29) is 24.5 Å². The van der Waals surface area contributed by atoms with Crippen LogP contribution in [-0.4, -0.2) is 66.2 Å². The Morgan fingerprint density at radius 2 is 1.81 bits per heavy atom. The Hall–Kier alpha value is -2.74. The van der Waals surface area contributed by atoms with Crippen molar-refractivity contribution in [3.05, 3.63) is 48.3 Å². The molecule has 3 heterocycles. The number of hydrogen-bond acceptors (Lipinski definition) is 5. The maximum absolute atomic E-state index is 12.5. The van der Waals surface area contributed by atoms with Gasteiger partial charge in [0, 0.05) is 51.7 Å². The molecule has 8 nitrogen and oxygen atoms in total. The Morgan fingerprint density at radius 1 is 1.07 bits per heavy atom. The second-order valence-electron chi connectivity index (χ2n) is 6.63. The van der Waals surface area contributed by atoms with Gasteiger partial charge in [-0.25, -0.2) is 4.79 Å². The van der Waals surface area contributed by atoms with Gasteiger partial charge in [0.25, 0.3) is 5.91 Å². The van der Waals surface area contributed by atoms with Crippen LogP contribution >= 0.6 is 0 Å². The summed E-state index contributed by atoms with van der Waals surface area (Å²) in [5.74, 6) is 0.840. The third-order valence-corrected chi connectivity index (χ3v) is 4.67. The van der Waals surface area contributed by atoms with Crippen LogP contribution in [0.25, 0.3) is 0 Å². The van der Waals surface area contributed by atoms with E-state index in [4.69, 9.17) is 8.83 Å². The molecule has 0 aromatic carbocycles. The van der Waals surface area contributed by atoms with Gasteiger partial charge >= 0.3 is 6.03 Å². The summed E-state index contributed by atoms with van der Waals surface area (Å²) < 4.78 is 10.5. The molecular weight excluding hydrogens is 350 g/mol. The van der Waals surface area contributed by atoms with E-state index in [1.54, 1.807) is 34.3 Å². The van der Waals surface area contributed by atoms with Gasteiger partial charge in [0.05, 0.1) is 12.5 Å². The largest absolute Gasteiger partial charge is 0.469 e. The number of carbonyl (C=O) groups is 2. The normalized spacial score (nSPS) is 16.0. The fraction of sp³-hybridized carbons (Fsp3) is 0.474. The second-order valence-corrected chi connectivity index (χ2v) is 6.63. The first kappa shape index (κ1) is 19.0. The van der Waals surface area contributed by atoms with Crippen molar-refractivity contribution in [1.29, 1.82) is 0 Å². The molecule has 0 radical (unpaired) electrons. The highest BCUT2D eigenvalue weighted by Gasteiger charge is 2.24. The van der Waals surface area contributed by atoms with Crippen molar-refractivity contribution in [2.75, 3.05) is 39.3 Å². The molecule has 1 fully saturated rings. The van der Waals surface area contributed by atoms with Gasteiger partial charge in [-0.2, -0.15) is 0 Å². The summed E-state index contributed by atoms with van der Waals surface area (Å²) in [6.45, 7) is 2.41. The van der Waals surface area contributed by atoms with Gasteiger partial charge in [-0.05, 0) is 30.7 Å². The van der Waals surface area contributed by atoms with Crippen molar-refractivity contribution >= 4 is 11.9 Å². The molecule has 0 unspecified atom stereocenters. The third-order valence-electron chi connectivity index (χ3n) is 4.67. The van der Waals surface area contributed by atoms with Crippen LogP contribution in [0.2, 0.25) is 0 Å². The van der Waals surface area contributed by atoms with Gasteiger partial charge in [0.1, 0.15) is 5.76 Å². The minimum atomic E-state index is -0.180. The Labute approximate surface area is 157 Å². The summed E-state index contributed by atoms with van der Waals surface area (Å²) in [5.41, 5.74) is 0. The molecule has 0 spiro atoms. The molecular formula is C19H25N3O5. The molecule has 1 atom stereocenters. The average molecular weight is 375 g/mol. The molecule has 1 aliphatic heterocycles. The molecule has 1 aliphatic rings. The van der Waals surface area contributed by atoms with Crippen LogP contribution in [0.5, 0.6) is 0 Å². The summed E-state index contributed by atoms with van der Waals surface area (Å²) in [7, 11) is 0. The monoisotopic (exact) mass is 375 g/mol. The van der Waals surface area contributed by atoms with Crippen LogP contribution in [0.15, 0.2) is 45.6 Å². The maximum atomic E-state index is 12.5. The molecule has 27 heavy (non-hydrogen) atoms. The van der Waals surface area contributed by atoms with Crippen molar-refractivity contribution < 1.29 is 23.5 Å². The lowest BCUT2D eigenvalue weighted by Gasteiger charge is -2.23. The Morgan fingerprint density at radius 3 is 2.52 bits per heavy atom. The molecule has 3 rings (SSSR count). The first-order valence-corrected chi connectivity index (χ1v) is 9.16. The molecule has 3 amide bonds. The summed E-state index contributed by atoms with van der Waals surface area (Å²) >= 11 is 0. The highest BCUT2D eigenvalue weighted by Crippen LogP contribution is 2.11. The third kappa shape index (κ3) is 5.13. The molecule has 0 saturated carbocycles. The Bertz CT molecular complexity index is 714. The lowest BCUT2D eigenvalue weighted by molar-refractivity contribution is 0.0730. The van der Waals surface area contributed by atoms with Crippen LogP contribution in [0.1, 0.15) is 22.7 Å². The van der Waals surface area contributed by atoms with E-state index in [0.29, 0.717) is 51.3 Å². The first-order chi connectivity index (χ1) is 13.2. The van der Waals surface area contributed by atoms with E-state index in [0.717, 1.165) is 5.76 Å². The number of carbonyl (C=O) groups excluding carboxylic acids is 2. The van der Waals surface area contributed by atoms with Gasteiger partial charge < -0.3 is 29.1 Å². The summed E-state index contributed by atoms with van der Waals surface area (Å²) in [6, 6.07) is 6.80. The van der Waals surface area contributed by atoms with Crippen LogP contribution < -0.4 is 5.32 Å². The number of amides is 3. The Kier molecular flexibility index (Phi) is 6.54. The summed E-state index contributed by atoms with van der Waals surface area (Å²) in [6.07, 6.45) is 4.34.